The fraction of sp³-hybridized carbons (Fsp3) is 0.600. The Kier molecular flexibility index (Phi) is 8.10. The molecule has 28 heavy (non-hydrogen) atoms. The lowest BCUT2D eigenvalue weighted by atomic mass is 9.78. The van der Waals surface area contributed by atoms with Crippen LogP contribution in [0.1, 0.15) is 18.4 Å². The summed E-state index contributed by atoms with van der Waals surface area (Å²) >= 11 is 0. The number of hydrogen-bond acceptors (Lipinski definition) is 5. The van der Waals surface area contributed by atoms with E-state index in [2.05, 4.69) is 0 Å². The van der Waals surface area contributed by atoms with Crippen molar-refractivity contribution in [1.29, 1.82) is 0 Å². The highest BCUT2D eigenvalue weighted by Gasteiger charge is 2.42. The number of carbonyl (C=O) groups excluding carboxylic acids is 2. The van der Waals surface area contributed by atoms with Crippen LogP contribution in [0.15, 0.2) is 24.3 Å². The molecule has 0 aliphatic carbocycles. The molecule has 1 aromatic carbocycles. The number of piperazine rings is 1. The highest BCUT2D eigenvalue weighted by molar-refractivity contribution is 5.85. The third-order valence-corrected chi connectivity index (χ3v) is 5.70. The van der Waals surface area contributed by atoms with Crippen LogP contribution in [0.25, 0.3) is 0 Å². The predicted molar refractivity (Wildman–Crippen MR) is 109 cm³/mol. The van der Waals surface area contributed by atoms with E-state index in [1.807, 2.05) is 34.1 Å². The van der Waals surface area contributed by atoms with Gasteiger partial charge in [0, 0.05) is 45.9 Å². The van der Waals surface area contributed by atoms with Crippen molar-refractivity contribution in [3.05, 3.63) is 29.8 Å². The molecular weight excluding hydrogens is 382 g/mol. The van der Waals surface area contributed by atoms with Crippen LogP contribution in [-0.4, -0.2) is 74.7 Å². The molecule has 1 aromatic rings. The number of halogens is 1. The van der Waals surface area contributed by atoms with Crippen molar-refractivity contribution in [3.8, 4) is 5.75 Å². The molecule has 2 amide bonds. The van der Waals surface area contributed by atoms with Gasteiger partial charge in [0.1, 0.15) is 5.75 Å². The maximum Gasteiger partial charge on any atom is 0.230 e. The van der Waals surface area contributed by atoms with Crippen LogP contribution in [-0.2, 0) is 20.7 Å². The van der Waals surface area contributed by atoms with Gasteiger partial charge in [-0.1, -0.05) is 12.1 Å². The second-order valence-corrected chi connectivity index (χ2v) is 7.30. The van der Waals surface area contributed by atoms with Crippen molar-refractivity contribution in [3.63, 3.8) is 0 Å². The minimum atomic E-state index is -0.495. The van der Waals surface area contributed by atoms with E-state index in [1.54, 1.807) is 7.11 Å². The summed E-state index contributed by atoms with van der Waals surface area (Å²) in [5.41, 5.74) is 6.39. The van der Waals surface area contributed by atoms with E-state index >= 15 is 0 Å². The van der Waals surface area contributed by atoms with E-state index in [4.69, 9.17) is 15.2 Å². The lowest BCUT2D eigenvalue weighted by molar-refractivity contribution is -0.151. The lowest BCUT2D eigenvalue weighted by Gasteiger charge is -2.42. The standard InChI is InChI=1S/C20H29N3O4.ClH/c1-26-17-4-2-3-16(13-17)14-18(24)22-7-9-23(10-8-22)19(25)20(15-21)5-11-27-12-6-20;/h2-4,13H,5-12,14-15,21H2,1H3;1H. The number of benzene rings is 1. The Morgan fingerprint density at radius 1 is 1.14 bits per heavy atom. The maximum absolute atomic E-state index is 13.0. The molecule has 7 nitrogen and oxygen atoms in total. The summed E-state index contributed by atoms with van der Waals surface area (Å²) in [5.74, 6) is 0.947. The van der Waals surface area contributed by atoms with Crippen LogP contribution in [0.3, 0.4) is 0 Å². The molecule has 156 valence electrons. The smallest absolute Gasteiger partial charge is 0.230 e. The highest BCUT2D eigenvalue weighted by atomic mass is 35.5. The van der Waals surface area contributed by atoms with Crippen molar-refractivity contribution >= 4 is 24.2 Å². The Morgan fingerprint density at radius 3 is 2.39 bits per heavy atom. The van der Waals surface area contributed by atoms with E-state index in [-0.39, 0.29) is 24.2 Å². The summed E-state index contributed by atoms with van der Waals surface area (Å²) in [6.07, 6.45) is 1.70. The topological polar surface area (TPSA) is 85.1 Å². The summed E-state index contributed by atoms with van der Waals surface area (Å²) in [7, 11) is 1.61. The number of ether oxygens (including phenoxy) is 2. The summed E-state index contributed by atoms with van der Waals surface area (Å²) in [6, 6.07) is 7.56. The van der Waals surface area contributed by atoms with Gasteiger partial charge in [0.25, 0.3) is 0 Å². The third-order valence-electron chi connectivity index (χ3n) is 5.70. The molecule has 2 N–H and O–H groups in total. The summed E-state index contributed by atoms with van der Waals surface area (Å²) < 4.78 is 10.6. The Bertz CT molecular complexity index is 671. The van der Waals surface area contributed by atoms with Crippen LogP contribution in [0.2, 0.25) is 0 Å². The summed E-state index contributed by atoms with van der Waals surface area (Å²) in [4.78, 5) is 29.3. The fourth-order valence-corrected chi connectivity index (χ4v) is 3.83. The van der Waals surface area contributed by atoms with Crippen molar-refractivity contribution in [2.45, 2.75) is 19.3 Å². The summed E-state index contributed by atoms with van der Waals surface area (Å²) in [5, 5.41) is 0. The first-order valence-corrected chi connectivity index (χ1v) is 9.56. The van der Waals surface area contributed by atoms with Gasteiger partial charge in [-0.2, -0.15) is 0 Å². The van der Waals surface area contributed by atoms with E-state index in [9.17, 15) is 9.59 Å². The monoisotopic (exact) mass is 411 g/mol. The summed E-state index contributed by atoms with van der Waals surface area (Å²) in [6.45, 7) is 3.77. The molecule has 0 unspecified atom stereocenters. The fourth-order valence-electron chi connectivity index (χ4n) is 3.83. The van der Waals surface area contributed by atoms with Crippen molar-refractivity contribution in [2.24, 2.45) is 11.1 Å². The molecule has 0 spiro atoms. The zero-order valence-electron chi connectivity index (χ0n) is 16.4. The first kappa shape index (κ1) is 22.5. The minimum absolute atomic E-state index is 0. The Labute approximate surface area is 172 Å². The van der Waals surface area contributed by atoms with Crippen LogP contribution < -0.4 is 10.5 Å². The molecular formula is C20H30ClN3O4. The number of amides is 2. The van der Waals surface area contributed by atoms with E-state index in [1.165, 1.54) is 0 Å². The molecule has 8 heteroatoms. The van der Waals surface area contributed by atoms with Gasteiger partial charge in [-0.05, 0) is 30.5 Å². The number of carbonyl (C=O) groups is 2. The average molecular weight is 412 g/mol. The molecule has 2 aliphatic heterocycles. The molecule has 0 bridgehead atoms. The molecule has 2 heterocycles. The molecule has 0 aromatic heterocycles. The molecule has 2 saturated heterocycles. The quantitative estimate of drug-likeness (QED) is 0.783. The third kappa shape index (κ3) is 4.96. The molecule has 2 fully saturated rings. The first-order chi connectivity index (χ1) is 13.1. The minimum Gasteiger partial charge on any atom is -0.497 e. The average Bonchev–Trinajstić information content (AvgIpc) is 2.74. The number of methoxy groups -OCH3 is 1. The van der Waals surface area contributed by atoms with Crippen molar-refractivity contribution in [2.75, 3.05) is 53.0 Å². The van der Waals surface area contributed by atoms with Gasteiger partial charge in [0.05, 0.1) is 18.9 Å². The molecule has 0 saturated carbocycles. The van der Waals surface area contributed by atoms with Crippen molar-refractivity contribution < 1.29 is 19.1 Å². The predicted octanol–water partition coefficient (Wildman–Crippen LogP) is 1.09. The highest BCUT2D eigenvalue weighted by Crippen LogP contribution is 2.32. The zero-order valence-corrected chi connectivity index (χ0v) is 17.2. The first-order valence-electron chi connectivity index (χ1n) is 9.56. The van der Waals surface area contributed by atoms with Gasteiger partial charge in [-0.3, -0.25) is 9.59 Å². The maximum atomic E-state index is 13.0. The molecule has 0 radical (unpaired) electrons. The number of hydrogen-bond donors (Lipinski definition) is 1. The van der Waals surface area contributed by atoms with Gasteiger partial charge in [0.15, 0.2) is 0 Å². The van der Waals surface area contributed by atoms with Gasteiger partial charge in [0.2, 0.25) is 11.8 Å². The van der Waals surface area contributed by atoms with Crippen LogP contribution in [0.4, 0.5) is 0 Å². The molecule has 0 atom stereocenters. The Morgan fingerprint density at radius 2 is 1.79 bits per heavy atom. The zero-order chi connectivity index (χ0) is 19.3. The van der Waals surface area contributed by atoms with E-state index < -0.39 is 5.41 Å². The van der Waals surface area contributed by atoms with E-state index in [0.717, 1.165) is 11.3 Å². The Balaban J connectivity index is 0.00000280. The second kappa shape index (κ2) is 10.1. The molecule has 3 rings (SSSR count). The number of nitrogens with zero attached hydrogens (tertiary/aromatic N) is 2. The van der Waals surface area contributed by atoms with Gasteiger partial charge < -0.3 is 25.0 Å². The lowest BCUT2D eigenvalue weighted by Crippen LogP contribution is -2.57. The second-order valence-electron chi connectivity index (χ2n) is 7.30. The van der Waals surface area contributed by atoms with Crippen LogP contribution in [0.5, 0.6) is 5.75 Å². The SMILES string of the molecule is COc1cccc(CC(=O)N2CCN(C(=O)C3(CN)CCOCC3)CC2)c1.Cl. The molecule has 2 aliphatic rings. The van der Waals surface area contributed by atoms with Gasteiger partial charge in [-0.25, -0.2) is 0 Å². The van der Waals surface area contributed by atoms with Gasteiger partial charge >= 0.3 is 0 Å². The van der Waals surface area contributed by atoms with Crippen LogP contribution >= 0.6 is 12.4 Å². The normalized spacial score (nSPS) is 18.9. The number of rotatable bonds is 5. The van der Waals surface area contributed by atoms with Gasteiger partial charge in [-0.15, -0.1) is 12.4 Å². The van der Waals surface area contributed by atoms with Crippen LogP contribution in [0, 0.1) is 5.41 Å². The van der Waals surface area contributed by atoms with E-state index in [0.29, 0.717) is 65.2 Å². The Hall–Kier alpha value is -1.83. The largest absolute Gasteiger partial charge is 0.497 e. The number of nitrogens with two attached hydrogens (primary N) is 1. The van der Waals surface area contributed by atoms with Crippen molar-refractivity contribution in [1.82, 2.24) is 9.80 Å².